The van der Waals surface area contributed by atoms with Gasteiger partial charge in [0.1, 0.15) is 5.15 Å². The number of hydrogen-bond acceptors (Lipinski definition) is 4. The molecule has 1 atom stereocenters. The first-order valence-corrected chi connectivity index (χ1v) is 7.16. The van der Waals surface area contributed by atoms with E-state index in [0.29, 0.717) is 5.15 Å². The third kappa shape index (κ3) is 3.47. The van der Waals surface area contributed by atoms with Gasteiger partial charge >= 0.3 is 0 Å². The molecule has 0 fully saturated rings. The van der Waals surface area contributed by atoms with Gasteiger partial charge in [0.25, 0.3) is 0 Å². The van der Waals surface area contributed by atoms with Crippen molar-refractivity contribution in [2.75, 3.05) is 6.26 Å². The Labute approximate surface area is 100 Å². The third-order valence-electron chi connectivity index (χ3n) is 2.09. The molecule has 0 spiro atoms. The van der Waals surface area contributed by atoms with Crippen LogP contribution in [0.4, 0.5) is 0 Å². The normalized spacial score (nSPS) is 13.9. The lowest BCUT2D eigenvalue weighted by Crippen LogP contribution is -2.04. The summed E-state index contributed by atoms with van der Waals surface area (Å²) in [6.07, 6.45) is 5.41. The highest BCUT2D eigenvalue weighted by Crippen LogP contribution is 2.16. The first kappa shape index (κ1) is 12.9. The van der Waals surface area contributed by atoms with E-state index in [2.05, 4.69) is 9.35 Å². The molecule has 0 aliphatic carbocycles. The highest BCUT2D eigenvalue weighted by atomic mass is 35.5. The minimum absolute atomic E-state index is 0.230. The molecule has 0 saturated heterocycles. The molecular weight excluding hydrogens is 246 g/mol. The monoisotopic (exact) mass is 257 g/mol. The van der Waals surface area contributed by atoms with Crippen molar-refractivity contribution in [1.29, 1.82) is 5.26 Å². The summed E-state index contributed by atoms with van der Waals surface area (Å²) >= 11 is 5.77. The van der Waals surface area contributed by atoms with Crippen molar-refractivity contribution in [2.24, 2.45) is 4.36 Å². The summed E-state index contributed by atoms with van der Waals surface area (Å²) in [6, 6.07) is 1.75. The van der Waals surface area contributed by atoms with Crippen molar-refractivity contribution in [3.63, 3.8) is 0 Å². The minimum Gasteiger partial charge on any atom is -0.249 e. The molecule has 1 heterocycles. The second kappa shape index (κ2) is 5.28. The van der Waals surface area contributed by atoms with Gasteiger partial charge in [-0.1, -0.05) is 18.5 Å². The molecular formula is C10H12ClN3OS. The average molecular weight is 258 g/mol. The Morgan fingerprint density at radius 2 is 2.31 bits per heavy atom. The van der Waals surface area contributed by atoms with Gasteiger partial charge in [0.15, 0.2) is 0 Å². The Bertz CT molecular complexity index is 541. The van der Waals surface area contributed by atoms with Gasteiger partial charge in [-0.3, -0.25) is 0 Å². The first-order valence-electron chi connectivity index (χ1n) is 4.69. The van der Waals surface area contributed by atoms with Gasteiger partial charge < -0.3 is 0 Å². The standard InChI is InChI=1S/C10H12ClN3OS/c1-3-8-4-10(11)13-5-9(8)6-16(2,15)14-7-12/h4-5H,3,6H2,1-2H3. The quantitative estimate of drug-likeness (QED) is 0.617. The number of rotatable bonds is 3. The fourth-order valence-electron chi connectivity index (χ4n) is 1.36. The largest absolute Gasteiger partial charge is 0.249 e. The molecule has 1 unspecified atom stereocenters. The molecule has 0 aliphatic heterocycles. The van der Waals surface area contributed by atoms with E-state index < -0.39 is 9.73 Å². The minimum atomic E-state index is -2.50. The number of nitrogens with zero attached hydrogens (tertiary/aromatic N) is 3. The molecule has 0 amide bonds. The van der Waals surface area contributed by atoms with Crippen LogP contribution in [-0.2, 0) is 21.9 Å². The Hall–Kier alpha value is -1.12. The lowest BCUT2D eigenvalue weighted by Gasteiger charge is -2.07. The number of pyridine rings is 1. The summed E-state index contributed by atoms with van der Waals surface area (Å²) in [5, 5.41) is 8.83. The number of hydrogen-bond donors (Lipinski definition) is 0. The average Bonchev–Trinajstić information content (AvgIpc) is 2.20. The summed E-state index contributed by atoms with van der Waals surface area (Å²) in [7, 11) is -2.50. The van der Waals surface area contributed by atoms with E-state index in [9.17, 15) is 4.21 Å². The van der Waals surface area contributed by atoms with Gasteiger partial charge in [-0.25, -0.2) is 9.19 Å². The zero-order chi connectivity index (χ0) is 12.2. The van der Waals surface area contributed by atoms with Crippen molar-refractivity contribution in [2.45, 2.75) is 19.1 Å². The van der Waals surface area contributed by atoms with Gasteiger partial charge in [0.05, 0.1) is 15.5 Å². The van der Waals surface area contributed by atoms with Crippen molar-refractivity contribution in [3.05, 3.63) is 28.5 Å². The summed E-state index contributed by atoms with van der Waals surface area (Å²) in [6.45, 7) is 1.98. The Morgan fingerprint density at radius 3 is 2.88 bits per heavy atom. The molecule has 86 valence electrons. The van der Waals surface area contributed by atoms with E-state index in [1.165, 1.54) is 6.26 Å². The summed E-state index contributed by atoms with van der Waals surface area (Å²) < 4.78 is 15.3. The zero-order valence-corrected chi connectivity index (χ0v) is 10.7. The van der Waals surface area contributed by atoms with Crippen LogP contribution in [0.2, 0.25) is 5.15 Å². The fourth-order valence-corrected chi connectivity index (χ4v) is 2.62. The zero-order valence-electron chi connectivity index (χ0n) is 9.11. The van der Waals surface area contributed by atoms with E-state index in [-0.39, 0.29) is 5.75 Å². The predicted octanol–water partition coefficient (Wildman–Crippen LogP) is 2.38. The second-order valence-electron chi connectivity index (χ2n) is 3.42. The molecule has 0 saturated carbocycles. The summed E-state index contributed by atoms with van der Waals surface area (Å²) in [4.78, 5) is 3.95. The second-order valence-corrected chi connectivity index (χ2v) is 6.20. The fraction of sp³-hybridized carbons (Fsp3) is 0.400. The maximum absolute atomic E-state index is 11.9. The molecule has 1 aromatic heterocycles. The molecule has 0 aromatic carbocycles. The van der Waals surface area contributed by atoms with Crippen LogP contribution in [0.15, 0.2) is 16.6 Å². The molecule has 4 nitrogen and oxygen atoms in total. The number of halogens is 1. The Kier molecular flexibility index (Phi) is 4.27. The van der Waals surface area contributed by atoms with Gasteiger partial charge in [-0.2, -0.15) is 5.26 Å². The van der Waals surface area contributed by atoms with Gasteiger partial charge in [0.2, 0.25) is 6.19 Å². The van der Waals surface area contributed by atoms with Crippen LogP contribution in [0.3, 0.4) is 0 Å². The number of aromatic nitrogens is 1. The Morgan fingerprint density at radius 1 is 1.62 bits per heavy atom. The van der Waals surface area contributed by atoms with Crippen LogP contribution in [0.5, 0.6) is 0 Å². The molecule has 0 N–H and O–H groups in total. The van der Waals surface area contributed by atoms with Crippen molar-refractivity contribution in [1.82, 2.24) is 4.98 Å². The maximum Gasteiger partial charge on any atom is 0.214 e. The lowest BCUT2D eigenvalue weighted by molar-refractivity contribution is 0.680. The SMILES string of the molecule is CCc1cc(Cl)ncc1CS(C)(=O)=NC#N. The van der Waals surface area contributed by atoms with Crippen LogP contribution in [-0.4, -0.2) is 15.4 Å². The van der Waals surface area contributed by atoms with Crippen LogP contribution in [0.1, 0.15) is 18.1 Å². The molecule has 0 radical (unpaired) electrons. The molecule has 1 rings (SSSR count). The van der Waals surface area contributed by atoms with Crippen molar-refractivity contribution in [3.8, 4) is 6.19 Å². The van der Waals surface area contributed by atoms with E-state index in [0.717, 1.165) is 17.5 Å². The molecule has 1 aromatic rings. The van der Waals surface area contributed by atoms with Crippen LogP contribution in [0.25, 0.3) is 0 Å². The van der Waals surface area contributed by atoms with Crippen LogP contribution in [0, 0.1) is 11.5 Å². The highest BCUT2D eigenvalue weighted by Gasteiger charge is 2.09. The first-order chi connectivity index (χ1) is 7.48. The highest BCUT2D eigenvalue weighted by molar-refractivity contribution is 7.92. The smallest absolute Gasteiger partial charge is 0.214 e. The molecule has 0 aliphatic rings. The van der Waals surface area contributed by atoms with E-state index in [1.807, 2.05) is 6.92 Å². The summed E-state index contributed by atoms with van der Waals surface area (Å²) in [5.74, 6) is 0.230. The van der Waals surface area contributed by atoms with Crippen LogP contribution >= 0.6 is 11.6 Å². The number of aryl methyl sites for hydroxylation is 1. The van der Waals surface area contributed by atoms with E-state index in [1.54, 1.807) is 18.5 Å². The van der Waals surface area contributed by atoms with Crippen molar-refractivity contribution >= 4 is 21.3 Å². The predicted molar refractivity (Wildman–Crippen MR) is 64.4 cm³/mol. The van der Waals surface area contributed by atoms with Gasteiger partial charge in [-0.05, 0) is 23.6 Å². The third-order valence-corrected chi connectivity index (χ3v) is 3.61. The van der Waals surface area contributed by atoms with Gasteiger partial charge in [0, 0.05) is 12.5 Å². The Balaban J connectivity index is 3.13. The topological polar surface area (TPSA) is 66.1 Å². The molecule has 0 bridgehead atoms. The molecule has 16 heavy (non-hydrogen) atoms. The number of nitriles is 1. The molecule has 6 heteroatoms. The van der Waals surface area contributed by atoms with Crippen LogP contribution < -0.4 is 0 Å². The van der Waals surface area contributed by atoms with E-state index >= 15 is 0 Å². The maximum atomic E-state index is 11.9. The lowest BCUT2D eigenvalue weighted by atomic mass is 10.1. The van der Waals surface area contributed by atoms with Crippen molar-refractivity contribution < 1.29 is 4.21 Å². The van der Waals surface area contributed by atoms with E-state index in [4.69, 9.17) is 16.9 Å². The van der Waals surface area contributed by atoms with Gasteiger partial charge in [-0.15, -0.1) is 4.36 Å². The summed E-state index contributed by atoms with van der Waals surface area (Å²) in [5.41, 5.74) is 1.82.